The first-order valence-corrected chi connectivity index (χ1v) is 2.81. The maximum atomic E-state index is 8.10. The normalized spacial score (nSPS) is 12.6. The van der Waals surface area contributed by atoms with E-state index >= 15 is 0 Å². The highest BCUT2D eigenvalue weighted by molar-refractivity contribution is 7.21. The average Bonchev–Trinajstić information content (AvgIpc) is 0.722. The lowest BCUT2D eigenvalue weighted by Crippen LogP contribution is -2.16. The molecule has 2 nitrogen and oxygen atoms in total. The monoisotopic (exact) mass is 110 g/mol. The lowest BCUT2D eigenvalue weighted by Gasteiger charge is -2.03. The van der Waals surface area contributed by atoms with Gasteiger partial charge in [0.2, 0.25) is 0 Å². The molecule has 0 aliphatic heterocycles. The molecule has 0 saturated heterocycles. The largest absolute Gasteiger partial charge is 0.367 e. The summed E-state index contributed by atoms with van der Waals surface area (Å²) < 4.78 is 0. The Bertz CT molecular complexity index is 25.1. The van der Waals surface area contributed by atoms with Crippen LogP contribution in [0.4, 0.5) is 0 Å². The predicted octanol–water partition coefficient (Wildman–Crippen LogP) is -2.18. The van der Waals surface area contributed by atoms with Crippen molar-refractivity contribution in [1.29, 1.82) is 0 Å². The first-order chi connectivity index (χ1) is 2.00. The third kappa shape index (κ3) is 93.6. The quantitative estimate of drug-likeness (QED) is 0.211. The number of aliphatic hydroxyl groups is 2. The molecule has 0 spiro atoms. The van der Waals surface area contributed by atoms with Crippen LogP contribution in [0.3, 0.4) is 0 Å². The average molecular weight is 110 g/mol. The van der Waals surface area contributed by atoms with Gasteiger partial charge in [-0.05, 0) is 0 Å². The summed E-state index contributed by atoms with van der Waals surface area (Å²) >= 11 is 0. The highest BCUT2D eigenvalue weighted by Crippen LogP contribution is 1.99. The second-order valence-electron chi connectivity index (χ2n) is 1.09. The molecule has 2 N–H and O–H groups in total. The van der Waals surface area contributed by atoms with E-state index in [1.165, 1.54) is 0 Å². The van der Waals surface area contributed by atoms with Gasteiger partial charge >= 0.3 is 0 Å². The fourth-order valence-corrected chi connectivity index (χ4v) is 0. The molecule has 0 radical (unpaired) electrons. The lowest BCUT2D eigenvalue weighted by molar-refractivity contribution is -0.00265. The Morgan fingerprint density at radius 2 is 1.60 bits per heavy atom. The molecular weight excluding hydrogens is 103 g/mol. The topological polar surface area (TPSA) is 40.5 Å². The summed E-state index contributed by atoms with van der Waals surface area (Å²) in [6, 6.07) is 0. The third-order valence-electron chi connectivity index (χ3n) is 0. The number of rotatable bonds is 0. The minimum atomic E-state index is -1.44. The van der Waals surface area contributed by atoms with Crippen LogP contribution in [0.15, 0.2) is 0 Å². The second kappa shape index (κ2) is 1.35. The number of hydrogen-bond donors (Lipinski definition) is 2. The van der Waals surface area contributed by atoms with Crippen molar-refractivity contribution in [3.8, 4) is 0 Å². The van der Waals surface area contributed by atoms with Crippen molar-refractivity contribution in [2.75, 3.05) is 0 Å². The molecule has 0 amide bonds. The molecule has 1 atom stereocenters. The molecular formula is CH7O2PSi. The van der Waals surface area contributed by atoms with Gasteiger partial charge in [0.05, 0.1) is 10.2 Å². The van der Waals surface area contributed by atoms with Crippen molar-refractivity contribution in [2.24, 2.45) is 0 Å². The minimum absolute atomic E-state index is 0.382. The molecule has 0 fully saturated rings. The van der Waals surface area contributed by atoms with Crippen molar-refractivity contribution in [3.05, 3.63) is 0 Å². The summed E-state index contributed by atoms with van der Waals surface area (Å²) in [7, 11) is 2.27. The molecule has 1 unspecified atom stereocenters. The number of hydrogen-bond acceptors (Lipinski definition) is 2. The van der Waals surface area contributed by atoms with Gasteiger partial charge in [0.1, 0.15) is 5.15 Å². The Kier molecular flexibility index (Phi) is 1.50. The van der Waals surface area contributed by atoms with E-state index in [9.17, 15) is 0 Å². The first kappa shape index (κ1) is 5.57. The summed E-state index contributed by atoms with van der Waals surface area (Å²) in [4.78, 5) is 0. The van der Waals surface area contributed by atoms with Gasteiger partial charge in [0, 0.05) is 0 Å². The van der Waals surface area contributed by atoms with Crippen LogP contribution in [-0.4, -0.2) is 25.6 Å². The molecule has 0 heterocycles. The summed E-state index contributed by atoms with van der Waals surface area (Å²) in [6.45, 7) is 0. The predicted molar refractivity (Wildman–Crippen MR) is 26.8 cm³/mol. The van der Waals surface area contributed by atoms with Gasteiger partial charge in [-0.3, -0.25) is 0 Å². The van der Waals surface area contributed by atoms with Crippen LogP contribution in [0.5, 0.6) is 0 Å². The Morgan fingerprint density at radius 3 is 1.60 bits per heavy atom. The molecule has 5 heavy (non-hydrogen) atoms. The van der Waals surface area contributed by atoms with Crippen LogP contribution in [0.25, 0.3) is 0 Å². The van der Waals surface area contributed by atoms with Gasteiger partial charge in [-0.25, -0.2) is 0 Å². The van der Waals surface area contributed by atoms with Crippen molar-refractivity contribution in [3.63, 3.8) is 0 Å². The van der Waals surface area contributed by atoms with Gasteiger partial charge < -0.3 is 10.2 Å². The Morgan fingerprint density at radius 1 is 1.60 bits per heavy atom. The van der Waals surface area contributed by atoms with Gasteiger partial charge in [0.15, 0.2) is 0 Å². The van der Waals surface area contributed by atoms with Crippen molar-refractivity contribution in [1.82, 2.24) is 0 Å². The van der Waals surface area contributed by atoms with E-state index in [1.807, 2.05) is 9.24 Å². The molecule has 0 aliphatic carbocycles. The zero-order valence-electron chi connectivity index (χ0n) is 2.97. The summed E-state index contributed by atoms with van der Waals surface area (Å²) in [5.41, 5.74) is 0. The Labute approximate surface area is 35.8 Å². The van der Waals surface area contributed by atoms with Crippen molar-refractivity contribution >= 4 is 19.5 Å². The Hall–Kier alpha value is 0.567. The molecule has 0 aliphatic rings. The lowest BCUT2D eigenvalue weighted by atomic mass is 11.5. The van der Waals surface area contributed by atoms with Gasteiger partial charge in [-0.2, -0.15) is 0 Å². The molecule has 0 aromatic carbocycles. The van der Waals surface area contributed by atoms with Crippen LogP contribution < -0.4 is 0 Å². The molecule has 0 rings (SSSR count). The zero-order chi connectivity index (χ0) is 4.50. The van der Waals surface area contributed by atoms with E-state index in [-0.39, 0.29) is 0 Å². The third-order valence-corrected chi connectivity index (χ3v) is 0. The summed E-state index contributed by atoms with van der Waals surface area (Å²) in [6.07, 6.45) is 0. The van der Waals surface area contributed by atoms with Crippen LogP contribution in [0, 0.1) is 0 Å². The van der Waals surface area contributed by atoms with Crippen LogP contribution in [0.1, 0.15) is 0 Å². The highest BCUT2D eigenvalue weighted by Gasteiger charge is 2.00. The van der Waals surface area contributed by atoms with E-state index in [4.69, 9.17) is 10.2 Å². The minimum Gasteiger partial charge on any atom is -0.367 e. The molecule has 0 saturated carbocycles. The summed E-state index contributed by atoms with van der Waals surface area (Å²) in [5, 5.41) is 14.8. The van der Waals surface area contributed by atoms with E-state index in [1.54, 1.807) is 0 Å². The van der Waals surface area contributed by atoms with Crippen LogP contribution in [0.2, 0.25) is 0 Å². The first-order valence-electron chi connectivity index (χ1n) is 1.24. The van der Waals surface area contributed by atoms with Crippen molar-refractivity contribution in [2.45, 2.75) is 5.15 Å². The van der Waals surface area contributed by atoms with Crippen molar-refractivity contribution < 1.29 is 10.2 Å². The van der Waals surface area contributed by atoms with E-state index < -0.39 is 5.15 Å². The van der Waals surface area contributed by atoms with E-state index in [2.05, 4.69) is 0 Å². The van der Waals surface area contributed by atoms with Crippen LogP contribution in [-0.2, 0) is 0 Å². The molecule has 0 aromatic heterocycles. The molecule has 0 aromatic rings. The van der Waals surface area contributed by atoms with E-state index in [0.29, 0.717) is 10.2 Å². The molecule has 0 bridgehead atoms. The van der Waals surface area contributed by atoms with Gasteiger partial charge in [-0.1, -0.05) is 9.24 Å². The standard InChI is InChI=1S/CH7O2PSi/c2-1(3,4)5/h2-3H,4H2,5H3. The van der Waals surface area contributed by atoms with E-state index in [0.717, 1.165) is 0 Å². The summed E-state index contributed by atoms with van der Waals surface area (Å²) in [5.74, 6) is 0. The fourth-order valence-electron chi connectivity index (χ4n) is 0. The fraction of sp³-hybridized carbons (Fsp3) is 1.00. The van der Waals surface area contributed by atoms with Crippen LogP contribution >= 0.6 is 9.24 Å². The molecule has 32 valence electrons. The second-order valence-corrected chi connectivity index (χ2v) is 4.81. The smallest absolute Gasteiger partial charge is 0.147 e. The maximum Gasteiger partial charge on any atom is 0.147 e. The van der Waals surface area contributed by atoms with Gasteiger partial charge in [0.25, 0.3) is 0 Å². The Balaban J connectivity index is 3.02. The van der Waals surface area contributed by atoms with Gasteiger partial charge in [-0.15, -0.1) is 0 Å². The maximum absolute atomic E-state index is 8.10. The highest BCUT2D eigenvalue weighted by atomic mass is 31.0. The molecule has 4 heteroatoms. The SMILES string of the molecule is OC(O)([SiH3])P. The zero-order valence-corrected chi connectivity index (χ0v) is 6.13.